The number of nitro benzene ring substituents is 1. The fourth-order valence-electron chi connectivity index (χ4n) is 2.27. The van der Waals surface area contributed by atoms with Crippen LogP contribution in [0, 0.1) is 17.0 Å². The van der Waals surface area contributed by atoms with Gasteiger partial charge in [0, 0.05) is 23.3 Å². The van der Waals surface area contributed by atoms with Gasteiger partial charge in [0.05, 0.1) is 16.8 Å². The van der Waals surface area contributed by atoms with Crippen molar-refractivity contribution in [1.29, 1.82) is 0 Å². The lowest BCUT2D eigenvalue weighted by Crippen LogP contribution is -2.13. The number of nitrogens with zero attached hydrogens (tertiary/aromatic N) is 3. The number of aryl methyl sites for hydroxylation is 1. The Labute approximate surface area is 136 Å². The van der Waals surface area contributed by atoms with Crippen LogP contribution in [0.5, 0.6) is 5.75 Å². The second kappa shape index (κ2) is 5.92. The molecule has 0 atom stereocenters. The third-order valence-electron chi connectivity index (χ3n) is 3.47. The van der Waals surface area contributed by atoms with E-state index in [1.54, 1.807) is 6.07 Å². The molecule has 0 radical (unpaired) electrons. The molecule has 2 aromatic rings. The van der Waals surface area contributed by atoms with Gasteiger partial charge in [-0.2, -0.15) is 5.10 Å². The maximum atomic E-state index is 11.9. The predicted octanol–water partition coefficient (Wildman–Crippen LogP) is 2.38. The maximum absolute atomic E-state index is 11.9. The van der Waals surface area contributed by atoms with Crippen LogP contribution in [-0.4, -0.2) is 27.9 Å². The van der Waals surface area contributed by atoms with Gasteiger partial charge in [0.25, 0.3) is 11.6 Å². The van der Waals surface area contributed by atoms with Gasteiger partial charge in [-0.25, -0.2) is 0 Å². The van der Waals surface area contributed by atoms with Crippen molar-refractivity contribution in [1.82, 2.24) is 0 Å². The molecule has 24 heavy (non-hydrogen) atoms. The Morgan fingerprint density at radius 2 is 2.04 bits per heavy atom. The van der Waals surface area contributed by atoms with Gasteiger partial charge in [0.2, 0.25) is 0 Å². The number of phenols is 1. The molecule has 0 spiro atoms. The number of hydrogen-bond donors (Lipinski definition) is 2. The number of non-ortho nitro benzene ring substituents is 1. The van der Waals surface area contributed by atoms with Crippen LogP contribution in [0.3, 0.4) is 0 Å². The number of hydrogen-bond acceptors (Lipinski definition) is 6. The highest BCUT2D eigenvalue weighted by molar-refractivity contribution is 6.53. The molecule has 0 aromatic heterocycles. The minimum atomic E-state index is -0.577. The lowest BCUT2D eigenvalue weighted by Gasteiger charge is -1.98. The van der Waals surface area contributed by atoms with E-state index in [1.165, 1.54) is 18.2 Å². The smallest absolute Gasteiger partial charge is 0.276 e. The monoisotopic (exact) mass is 324 g/mol. The molecule has 1 heterocycles. The summed E-state index contributed by atoms with van der Waals surface area (Å²) in [4.78, 5) is 22.1. The average Bonchev–Trinajstić information content (AvgIpc) is 2.84. The number of amides is 1. The van der Waals surface area contributed by atoms with E-state index in [0.29, 0.717) is 11.3 Å². The van der Waals surface area contributed by atoms with Crippen LogP contribution < -0.4 is 5.32 Å². The summed E-state index contributed by atoms with van der Waals surface area (Å²) in [5.74, 6) is -0.548. The quantitative estimate of drug-likeness (QED) is 0.512. The van der Waals surface area contributed by atoms with E-state index in [-0.39, 0.29) is 28.6 Å². The predicted molar refractivity (Wildman–Crippen MR) is 88.7 cm³/mol. The van der Waals surface area contributed by atoms with E-state index in [9.17, 15) is 20.0 Å². The molecule has 0 aliphatic carbocycles. The first-order chi connectivity index (χ1) is 11.5. The molecule has 1 amide bonds. The minimum absolute atomic E-state index is 0.136. The van der Waals surface area contributed by atoms with Crippen molar-refractivity contribution in [2.24, 2.45) is 10.2 Å². The van der Waals surface area contributed by atoms with Gasteiger partial charge < -0.3 is 10.4 Å². The first-order valence-corrected chi connectivity index (χ1v) is 6.96. The zero-order valence-corrected chi connectivity index (χ0v) is 12.6. The Bertz CT molecular complexity index is 918. The van der Waals surface area contributed by atoms with Gasteiger partial charge in [-0.05, 0) is 25.1 Å². The number of fused-ring (bicyclic) bond motifs is 1. The normalized spacial score (nSPS) is 14.9. The first kappa shape index (κ1) is 15.3. The Morgan fingerprint density at radius 1 is 1.25 bits per heavy atom. The van der Waals surface area contributed by atoms with Crippen LogP contribution in [0.1, 0.15) is 16.7 Å². The number of benzene rings is 2. The van der Waals surface area contributed by atoms with Crippen LogP contribution in [0.2, 0.25) is 0 Å². The molecular formula is C16H12N4O4. The molecule has 1 aliphatic rings. The van der Waals surface area contributed by atoms with Crippen LogP contribution in [0.25, 0.3) is 0 Å². The number of rotatable bonds is 3. The van der Waals surface area contributed by atoms with Gasteiger partial charge in [-0.1, -0.05) is 11.6 Å². The topological polar surface area (TPSA) is 117 Å². The van der Waals surface area contributed by atoms with Crippen molar-refractivity contribution in [2.75, 3.05) is 5.32 Å². The van der Waals surface area contributed by atoms with E-state index in [4.69, 9.17) is 0 Å². The number of anilines is 1. The number of carbonyl (C=O) groups excluding carboxylic acids is 1. The van der Waals surface area contributed by atoms with E-state index in [1.807, 2.05) is 19.1 Å². The molecule has 1 aliphatic heterocycles. The fourth-order valence-corrected chi connectivity index (χ4v) is 2.27. The average molecular weight is 324 g/mol. The summed E-state index contributed by atoms with van der Waals surface area (Å²) in [5, 5.41) is 30.8. The second-order valence-electron chi connectivity index (χ2n) is 5.20. The third-order valence-corrected chi connectivity index (χ3v) is 3.47. The molecule has 2 aromatic carbocycles. The van der Waals surface area contributed by atoms with E-state index >= 15 is 0 Å². The highest BCUT2D eigenvalue weighted by atomic mass is 16.6. The second-order valence-corrected chi connectivity index (χ2v) is 5.20. The van der Waals surface area contributed by atoms with Crippen molar-refractivity contribution in [3.05, 3.63) is 63.2 Å². The molecule has 8 nitrogen and oxygen atoms in total. The molecule has 120 valence electrons. The summed E-state index contributed by atoms with van der Waals surface area (Å²) in [6.45, 7) is 1.89. The summed E-state index contributed by atoms with van der Waals surface area (Å²) in [6.07, 6.45) is 1.16. The first-order valence-electron chi connectivity index (χ1n) is 6.96. The molecule has 0 fully saturated rings. The molecule has 3 rings (SSSR count). The van der Waals surface area contributed by atoms with Crippen molar-refractivity contribution in [3.8, 4) is 5.75 Å². The molecule has 0 saturated carbocycles. The molecule has 0 bridgehead atoms. The van der Waals surface area contributed by atoms with Crippen molar-refractivity contribution < 1.29 is 14.8 Å². The van der Waals surface area contributed by atoms with Crippen LogP contribution >= 0.6 is 0 Å². The number of phenolic OH excluding ortho intramolecular Hbond substituents is 1. The fraction of sp³-hybridized carbons (Fsp3) is 0.0625. The SMILES string of the molecule is Cc1ccc2c(c1)/C(=N/N=Cc1cc([N+](=O)[O-])ccc1O)C(=O)N2. The van der Waals surface area contributed by atoms with Crippen molar-refractivity contribution >= 4 is 29.2 Å². The van der Waals surface area contributed by atoms with Crippen LogP contribution in [0.4, 0.5) is 11.4 Å². The Hall–Kier alpha value is -3.55. The zero-order chi connectivity index (χ0) is 17.3. The number of aromatic hydroxyl groups is 1. The molecular weight excluding hydrogens is 312 g/mol. The lowest BCUT2D eigenvalue weighted by molar-refractivity contribution is -0.384. The van der Waals surface area contributed by atoms with Crippen LogP contribution in [-0.2, 0) is 4.79 Å². The number of nitrogens with one attached hydrogen (secondary N) is 1. The standard InChI is InChI=1S/C16H12N4O4/c1-9-2-4-13-12(6-9)15(16(22)18-13)19-17-8-10-7-11(20(23)24)3-5-14(10)21/h2-8,21H,1H3,(H,18,19,22). The van der Waals surface area contributed by atoms with Gasteiger partial charge >= 0.3 is 0 Å². The van der Waals surface area contributed by atoms with Gasteiger partial charge in [0.1, 0.15) is 5.75 Å². The zero-order valence-electron chi connectivity index (χ0n) is 12.6. The lowest BCUT2D eigenvalue weighted by atomic mass is 10.1. The molecule has 0 unspecified atom stereocenters. The van der Waals surface area contributed by atoms with E-state index in [2.05, 4.69) is 15.5 Å². The minimum Gasteiger partial charge on any atom is -0.507 e. The highest BCUT2D eigenvalue weighted by Gasteiger charge is 2.25. The largest absolute Gasteiger partial charge is 0.507 e. The summed E-state index contributed by atoms with van der Waals surface area (Å²) in [5.41, 5.74) is 2.36. The molecule has 2 N–H and O–H groups in total. The highest BCUT2D eigenvalue weighted by Crippen LogP contribution is 2.25. The Morgan fingerprint density at radius 3 is 2.79 bits per heavy atom. The van der Waals surface area contributed by atoms with Gasteiger partial charge in [-0.15, -0.1) is 5.10 Å². The Kier molecular flexibility index (Phi) is 3.78. The van der Waals surface area contributed by atoms with Crippen LogP contribution in [0.15, 0.2) is 46.6 Å². The number of nitro groups is 1. The summed E-state index contributed by atoms with van der Waals surface area (Å²) < 4.78 is 0. The summed E-state index contributed by atoms with van der Waals surface area (Å²) in [7, 11) is 0. The van der Waals surface area contributed by atoms with Crippen molar-refractivity contribution in [2.45, 2.75) is 6.92 Å². The Balaban J connectivity index is 1.93. The van der Waals surface area contributed by atoms with Gasteiger partial charge in [-0.3, -0.25) is 14.9 Å². The van der Waals surface area contributed by atoms with Gasteiger partial charge in [0.15, 0.2) is 5.71 Å². The van der Waals surface area contributed by atoms with E-state index in [0.717, 1.165) is 11.8 Å². The maximum Gasteiger partial charge on any atom is 0.276 e. The molecule has 8 heteroatoms. The van der Waals surface area contributed by atoms with E-state index < -0.39 is 4.92 Å². The molecule has 0 saturated heterocycles. The third kappa shape index (κ3) is 2.84. The van der Waals surface area contributed by atoms with Crippen molar-refractivity contribution in [3.63, 3.8) is 0 Å². The summed E-state index contributed by atoms with van der Waals surface area (Å²) >= 11 is 0. The summed E-state index contributed by atoms with van der Waals surface area (Å²) in [6, 6.07) is 9.02. The number of carbonyl (C=O) groups is 1.